The van der Waals surface area contributed by atoms with Crippen LogP contribution in [0.15, 0.2) is 0 Å². The van der Waals surface area contributed by atoms with Gasteiger partial charge in [0.15, 0.2) is 0 Å². The standard InChI is InChI=1S/C30H44F15NO3/c1-5-6-7-8-9-10-11-12-13-14-15-16-17-18-49-22(47)21(19-20(2)3)46(4)23(48)24(31,32)25(33,34)26(35,36)27(37,38)28(39,40)29(41,42)30(43,44)45/h20-21H,5-19H2,1-4H3. The molecule has 0 saturated carbocycles. The van der Waals surface area contributed by atoms with Crippen LogP contribution in [-0.2, 0) is 14.3 Å². The minimum Gasteiger partial charge on any atom is -0.464 e. The highest BCUT2D eigenvalue weighted by atomic mass is 19.4. The van der Waals surface area contributed by atoms with Crippen LogP contribution in [0.3, 0.4) is 0 Å². The van der Waals surface area contributed by atoms with Crippen molar-refractivity contribution in [1.29, 1.82) is 0 Å². The summed E-state index contributed by atoms with van der Waals surface area (Å²) in [5.41, 5.74) is 0. The number of alkyl halides is 15. The normalized spacial score (nSPS) is 14.7. The van der Waals surface area contributed by atoms with E-state index in [2.05, 4.69) is 6.92 Å². The average Bonchev–Trinajstić information content (AvgIpc) is 2.97. The molecular formula is C30H44F15NO3. The van der Waals surface area contributed by atoms with E-state index in [-0.39, 0.29) is 20.1 Å². The number of rotatable bonds is 24. The molecule has 0 heterocycles. The third kappa shape index (κ3) is 10.9. The van der Waals surface area contributed by atoms with E-state index in [1.807, 2.05) is 0 Å². The molecule has 292 valence electrons. The molecular weight excluding hydrogens is 707 g/mol. The number of nitrogens with zero attached hydrogens (tertiary/aromatic N) is 1. The molecule has 0 N–H and O–H groups in total. The summed E-state index contributed by atoms with van der Waals surface area (Å²) in [5.74, 6) is -54.4. The van der Waals surface area contributed by atoms with Crippen molar-refractivity contribution in [3.63, 3.8) is 0 Å². The Bertz CT molecular complexity index is 1020. The fraction of sp³-hybridized carbons (Fsp3) is 0.933. The molecule has 1 atom stereocenters. The molecule has 0 rings (SSSR count). The Morgan fingerprint density at radius 2 is 0.898 bits per heavy atom. The number of likely N-dealkylation sites (N-methyl/N-ethyl adjacent to an activating group) is 1. The van der Waals surface area contributed by atoms with Crippen molar-refractivity contribution in [2.75, 3.05) is 13.7 Å². The molecule has 0 fully saturated rings. The van der Waals surface area contributed by atoms with Crippen LogP contribution >= 0.6 is 0 Å². The minimum atomic E-state index is -8.52. The van der Waals surface area contributed by atoms with Crippen molar-refractivity contribution >= 4 is 11.9 Å². The number of ether oxygens (including phenoxy) is 1. The zero-order valence-electron chi connectivity index (χ0n) is 27.6. The summed E-state index contributed by atoms with van der Waals surface area (Å²) in [4.78, 5) is 24.3. The van der Waals surface area contributed by atoms with E-state index in [0.29, 0.717) is 6.42 Å². The van der Waals surface area contributed by atoms with Gasteiger partial charge in [0, 0.05) is 7.05 Å². The van der Waals surface area contributed by atoms with Crippen LogP contribution in [0.1, 0.15) is 111 Å². The average molecular weight is 752 g/mol. The first-order valence-corrected chi connectivity index (χ1v) is 15.9. The second-order valence-corrected chi connectivity index (χ2v) is 12.4. The molecule has 0 spiro atoms. The quantitative estimate of drug-likeness (QED) is 0.0561. The van der Waals surface area contributed by atoms with Crippen LogP contribution in [0.2, 0.25) is 0 Å². The van der Waals surface area contributed by atoms with E-state index in [9.17, 15) is 75.4 Å². The van der Waals surface area contributed by atoms with E-state index in [1.165, 1.54) is 33.1 Å². The summed E-state index contributed by atoms with van der Waals surface area (Å²) in [6.45, 7) is 4.39. The van der Waals surface area contributed by atoms with Gasteiger partial charge >= 0.3 is 47.7 Å². The lowest BCUT2D eigenvalue weighted by molar-refractivity contribution is -0.449. The highest BCUT2D eigenvalue weighted by Gasteiger charge is 2.94. The number of carbonyl (C=O) groups is 2. The molecule has 1 unspecified atom stereocenters. The maximum Gasteiger partial charge on any atom is 0.460 e. The van der Waals surface area contributed by atoms with Crippen molar-refractivity contribution in [3.8, 4) is 0 Å². The van der Waals surface area contributed by atoms with Crippen LogP contribution in [0.4, 0.5) is 65.9 Å². The van der Waals surface area contributed by atoms with Gasteiger partial charge in [0.05, 0.1) is 6.61 Å². The maximum absolute atomic E-state index is 14.6. The molecule has 19 heteroatoms. The summed E-state index contributed by atoms with van der Waals surface area (Å²) in [6, 6.07) is -2.25. The number of hydrogen-bond acceptors (Lipinski definition) is 3. The summed E-state index contributed by atoms with van der Waals surface area (Å²) in [5, 5.41) is 0. The maximum atomic E-state index is 14.6. The summed E-state index contributed by atoms with van der Waals surface area (Å²) >= 11 is 0. The van der Waals surface area contributed by atoms with Gasteiger partial charge in [-0.2, -0.15) is 65.9 Å². The molecule has 4 nitrogen and oxygen atoms in total. The van der Waals surface area contributed by atoms with Gasteiger partial charge in [-0.25, -0.2) is 4.79 Å². The highest BCUT2D eigenvalue weighted by Crippen LogP contribution is 2.62. The lowest BCUT2D eigenvalue weighted by Crippen LogP contribution is -2.74. The Hall–Kier alpha value is -2.11. The Morgan fingerprint density at radius 3 is 1.27 bits per heavy atom. The van der Waals surface area contributed by atoms with E-state index in [4.69, 9.17) is 4.74 Å². The third-order valence-corrected chi connectivity index (χ3v) is 7.84. The van der Waals surface area contributed by atoms with Crippen LogP contribution in [0.5, 0.6) is 0 Å². The zero-order chi connectivity index (χ0) is 38.7. The van der Waals surface area contributed by atoms with E-state index in [1.54, 1.807) is 0 Å². The van der Waals surface area contributed by atoms with Gasteiger partial charge in [-0.3, -0.25) is 4.79 Å². The molecule has 0 aromatic rings. The number of esters is 1. The first-order valence-electron chi connectivity index (χ1n) is 15.9. The van der Waals surface area contributed by atoms with Crippen LogP contribution in [0, 0.1) is 5.92 Å². The smallest absolute Gasteiger partial charge is 0.460 e. The van der Waals surface area contributed by atoms with Gasteiger partial charge in [0.1, 0.15) is 6.04 Å². The van der Waals surface area contributed by atoms with Gasteiger partial charge in [0.2, 0.25) is 0 Å². The molecule has 0 saturated heterocycles. The number of amides is 1. The number of halogens is 15. The van der Waals surface area contributed by atoms with Crippen LogP contribution in [-0.4, -0.2) is 78.2 Å². The van der Waals surface area contributed by atoms with Crippen molar-refractivity contribution in [2.24, 2.45) is 5.92 Å². The topological polar surface area (TPSA) is 46.6 Å². The van der Waals surface area contributed by atoms with Gasteiger partial charge in [0.25, 0.3) is 5.91 Å². The summed E-state index contributed by atoms with van der Waals surface area (Å²) < 4.78 is 209. The molecule has 1 amide bonds. The predicted molar refractivity (Wildman–Crippen MR) is 148 cm³/mol. The van der Waals surface area contributed by atoms with Crippen molar-refractivity contribution < 1.29 is 80.2 Å². The highest BCUT2D eigenvalue weighted by molar-refractivity contribution is 5.89. The molecule has 0 bridgehead atoms. The number of hydrogen-bond donors (Lipinski definition) is 0. The molecule has 0 aliphatic rings. The van der Waals surface area contributed by atoms with Gasteiger partial charge in [-0.1, -0.05) is 97.8 Å². The fourth-order valence-corrected chi connectivity index (χ4v) is 4.71. The zero-order valence-corrected chi connectivity index (χ0v) is 27.6. The van der Waals surface area contributed by atoms with E-state index >= 15 is 0 Å². The Labute approximate surface area is 275 Å². The first kappa shape index (κ1) is 46.9. The van der Waals surface area contributed by atoms with Crippen LogP contribution in [0.25, 0.3) is 0 Å². The lowest BCUT2D eigenvalue weighted by atomic mass is 9.90. The minimum absolute atomic E-state index is 0.161. The van der Waals surface area contributed by atoms with Gasteiger partial charge in [-0.15, -0.1) is 0 Å². The molecule has 0 radical (unpaired) electrons. The summed E-state index contributed by atoms with van der Waals surface area (Å²) in [7, 11) is 0.161. The van der Waals surface area contributed by atoms with Crippen molar-refractivity contribution in [3.05, 3.63) is 0 Å². The monoisotopic (exact) mass is 751 g/mol. The first-order chi connectivity index (χ1) is 22.1. The SMILES string of the molecule is CCCCCCCCCCCCCCCOC(=O)C(CC(C)C)N(C)C(=O)C(F)(F)C(F)(F)C(F)(F)C(F)(F)C(F)(F)C(F)(F)C(F)(F)F. The largest absolute Gasteiger partial charge is 0.464 e. The molecule has 49 heavy (non-hydrogen) atoms. The number of carbonyl (C=O) groups excluding carboxylic acids is 2. The molecule has 0 aliphatic carbocycles. The second kappa shape index (κ2) is 18.4. The Balaban J connectivity index is 5.54. The van der Waals surface area contributed by atoms with Gasteiger partial charge in [-0.05, 0) is 18.8 Å². The lowest BCUT2D eigenvalue weighted by Gasteiger charge is -2.42. The molecule has 0 aromatic carbocycles. The predicted octanol–water partition coefficient (Wildman–Crippen LogP) is 10.9. The Morgan fingerprint density at radius 1 is 0.551 bits per heavy atom. The third-order valence-electron chi connectivity index (χ3n) is 7.84. The Kier molecular flexibility index (Phi) is 17.6. The fourth-order valence-electron chi connectivity index (χ4n) is 4.71. The summed E-state index contributed by atoms with van der Waals surface area (Å²) in [6.07, 6.45) is 4.04. The van der Waals surface area contributed by atoms with E-state index < -0.39 is 76.9 Å². The van der Waals surface area contributed by atoms with Crippen molar-refractivity contribution in [2.45, 2.75) is 158 Å². The molecule has 0 aliphatic heterocycles. The second-order valence-electron chi connectivity index (χ2n) is 12.4. The van der Waals surface area contributed by atoms with Crippen LogP contribution < -0.4 is 0 Å². The number of unbranched alkanes of at least 4 members (excludes halogenated alkanes) is 12. The van der Waals surface area contributed by atoms with Gasteiger partial charge < -0.3 is 9.64 Å². The van der Waals surface area contributed by atoms with Crippen molar-refractivity contribution in [1.82, 2.24) is 4.90 Å². The molecule has 0 aromatic heterocycles. The van der Waals surface area contributed by atoms with E-state index in [0.717, 1.165) is 51.4 Å².